The minimum Gasteiger partial charge on any atom is -0.376 e. The van der Waals surface area contributed by atoms with E-state index in [1.807, 2.05) is 19.1 Å². The molecule has 1 aliphatic heterocycles. The van der Waals surface area contributed by atoms with Crippen molar-refractivity contribution in [2.24, 2.45) is 0 Å². The number of aromatic nitrogens is 1. The number of ether oxygens (including phenoxy) is 2. The molecule has 0 aromatic carbocycles. The smallest absolute Gasteiger partial charge is 0.126 e. The van der Waals surface area contributed by atoms with Gasteiger partial charge in [-0.3, -0.25) is 0 Å². The molecule has 1 atom stereocenters. The molecule has 0 radical (unpaired) electrons. The zero-order chi connectivity index (χ0) is 13.5. The van der Waals surface area contributed by atoms with Crippen LogP contribution >= 0.6 is 11.6 Å². The van der Waals surface area contributed by atoms with Crippen LogP contribution in [0.25, 0.3) is 0 Å². The van der Waals surface area contributed by atoms with Crippen molar-refractivity contribution in [2.45, 2.75) is 38.9 Å². The minimum absolute atomic E-state index is 0.226. The highest BCUT2D eigenvalue weighted by Gasteiger charge is 2.14. The first kappa shape index (κ1) is 14.6. The molecule has 1 aliphatic rings. The quantitative estimate of drug-likeness (QED) is 0.871. The lowest BCUT2D eigenvalue weighted by atomic mass is 10.1. The average Bonchev–Trinajstić information content (AvgIpc) is 2.44. The lowest BCUT2D eigenvalue weighted by Crippen LogP contribution is -2.24. The van der Waals surface area contributed by atoms with Gasteiger partial charge in [0.2, 0.25) is 0 Å². The van der Waals surface area contributed by atoms with Gasteiger partial charge in [-0.25, -0.2) is 4.98 Å². The molecule has 0 saturated carbocycles. The fourth-order valence-electron chi connectivity index (χ4n) is 2.09. The van der Waals surface area contributed by atoms with Crippen molar-refractivity contribution >= 4 is 17.4 Å². The number of hydrogen-bond acceptors (Lipinski definition) is 4. The highest BCUT2D eigenvalue weighted by Crippen LogP contribution is 2.18. The first-order chi connectivity index (χ1) is 9.29. The van der Waals surface area contributed by atoms with Crippen LogP contribution in [0.3, 0.4) is 0 Å². The van der Waals surface area contributed by atoms with Gasteiger partial charge in [-0.1, -0.05) is 11.6 Å². The topological polar surface area (TPSA) is 43.4 Å². The highest BCUT2D eigenvalue weighted by atomic mass is 35.5. The van der Waals surface area contributed by atoms with Crippen LogP contribution in [-0.2, 0) is 16.1 Å². The largest absolute Gasteiger partial charge is 0.376 e. The van der Waals surface area contributed by atoms with Crippen molar-refractivity contribution in [2.75, 3.05) is 25.1 Å². The number of rotatable bonds is 6. The summed E-state index contributed by atoms with van der Waals surface area (Å²) in [5, 5.41) is 3.81. The van der Waals surface area contributed by atoms with Gasteiger partial charge in [0.15, 0.2) is 0 Å². The number of nitrogens with zero attached hydrogens (tertiary/aromatic N) is 1. The van der Waals surface area contributed by atoms with Gasteiger partial charge in [0.1, 0.15) is 5.82 Å². The van der Waals surface area contributed by atoms with Crippen molar-refractivity contribution in [1.82, 2.24) is 4.98 Å². The Balaban J connectivity index is 1.82. The summed E-state index contributed by atoms with van der Waals surface area (Å²) >= 11 is 6.12. The summed E-state index contributed by atoms with van der Waals surface area (Å²) in [7, 11) is 0. The van der Waals surface area contributed by atoms with E-state index in [1.54, 1.807) is 0 Å². The second-order valence-electron chi connectivity index (χ2n) is 4.66. The summed E-state index contributed by atoms with van der Waals surface area (Å²) < 4.78 is 11.3. The molecule has 1 unspecified atom stereocenters. The summed E-state index contributed by atoms with van der Waals surface area (Å²) in [5.41, 5.74) is 0.774. The molecule has 0 amide bonds. The first-order valence-electron chi connectivity index (χ1n) is 6.88. The molecule has 0 spiro atoms. The van der Waals surface area contributed by atoms with Gasteiger partial charge in [-0.05, 0) is 38.3 Å². The minimum atomic E-state index is 0.226. The van der Waals surface area contributed by atoms with Crippen molar-refractivity contribution in [3.63, 3.8) is 0 Å². The van der Waals surface area contributed by atoms with Gasteiger partial charge in [-0.2, -0.15) is 0 Å². The van der Waals surface area contributed by atoms with Gasteiger partial charge in [0, 0.05) is 13.2 Å². The monoisotopic (exact) mass is 284 g/mol. The predicted octanol–water partition coefficient (Wildman–Crippen LogP) is 3.25. The molecule has 1 aromatic rings. The van der Waals surface area contributed by atoms with Gasteiger partial charge in [0.05, 0.1) is 30.0 Å². The molecule has 2 rings (SSSR count). The van der Waals surface area contributed by atoms with Crippen LogP contribution in [0.1, 0.15) is 31.9 Å². The number of nitrogens with one attached hydrogen (secondary N) is 1. The maximum absolute atomic E-state index is 6.12. The van der Waals surface area contributed by atoms with Crippen molar-refractivity contribution in [3.8, 4) is 0 Å². The summed E-state index contributed by atoms with van der Waals surface area (Å²) in [6.45, 7) is 4.77. The third kappa shape index (κ3) is 4.64. The van der Waals surface area contributed by atoms with Gasteiger partial charge >= 0.3 is 0 Å². The van der Waals surface area contributed by atoms with E-state index in [0.29, 0.717) is 18.2 Å². The molecule has 106 valence electrons. The van der Waals surface area contributed by atoms with E-state index < -0.39 is 0 Å². The van der Waals surface area contributed by atoms with Crippen molar-refractivity contribution in [1.29, 1.82) is 0 Å². The van der Waals surface area contributed by atoms with Crippen molar-refractivity contribution in [3.05, 3.63) is 22.8 Å². The van der Waals surface area contributed by atoms with Crippen LogP contribution in [-0.4, -0.2) is 30.8 Å². The van der Waals surface area contributed by atoms with E-state index in [9.17, 15) is 0 Å². The van der Waals surface area contributed by atoms with E-state index in [2.05, 4.69) is 10.3 Å². The first-order valence-corrected chi connectivity index (χ1v) is 7.26. The Kier molecular flexibility index (Phi) is 5.89. The fraction of sp³-hybridized carbons (Fsp3) is 0.643. The fourth-order valence-corrected chi connectivity index (χ4v) is 2.25. The van der Waals surface area contributed by atoms with Crippen LogP contribution in [0.4, 0.5) is 5.82 Å². The third-order valence-electron chi connectivity index (χ3n) is 3.09. The normalized spacial score (nSPS) is 19.4. The Morgan fingerprint density at radius 1 is 1.47 bits per heavy atom. The number of halogens is 1. The zero-order valence-electron chi connectivity index (χ0n) is 11.3. The highest BCUT2D eigenvalue weighted by molar-refractivity contribution is 6.31. The van der Waals surface area contributed by atoms with E-state index in [1.165, 1.54) is 6.42 Å². The molecule has 1 N–H and O–H groups in total. The van der Waals surface area contributed by atoms with Crippen LogP contribution in [0.5, 0.6) is 0 Å². The predicted molar refractivity (Wildman–Crippen MR) is 76.7 cm³/mol. The number of pyridine rings is 1. The standard InChI is InChI=1S/C14H21ClN2O2/c1-2-16-14-7-6-12(15)13(17-14)10-18-9-11-5-3-4-8-19-11/h6-7,11H,2-5,8-10H2,1H3,(H,16,17). The molecule has 0 aliphatic carbocycles. The zero-order valence-corrected chi connectivity index (χ0v) is 12.1. The van der Waals surface area contributed by atoms with Crippen LogP contribution in [0, 0.1) is 0 Å². The van der Waals surface area contributed by atoms with E-state index in [0.717, 1.165) is 37.5 Å². The molecule has 19 heavy (non-hydrogen) atoms. The lowest BCUT2D eigenvalue weighted by Gasteiger charge is -2.22. The van der Waals surface area contributed by atoms with Crippen molar-refractivity contribution < 1.29 is 9.47 Å². The maximum Gasteiger partial charge on any atom is 0.126 e. The Bertz CT molecular complexity index is 395. The Morgan fingerprint density at radius 2 is 2.37 bits per heavy atom. The Labute approximate surface area is 119 Å². The molecule has 1 fully saturated rings. The maximum atomic E-state index is 6.12. The van der Waals surface area contributed by atoms with E-state index in [4.69, 9.17) is 21.1 Å². The molecule has 0 bridgehead atoms. The van der Waals surface area contributed by atoms with E-state index >= 15 is 0 Å². The van der Waals surface area contributed by atoms with Gasteiger partial charge in [0.25, 0.3) is 0 Å². The van der Waals surface area contributed by atoms with Gasteiger partial charge < -0.3 is 14.8 Å². The second kappa shape index (κ2) is 7.68. The Hall–Kier alpha value is -0.840. The summed E-state index contributed by atoms with van der Waals surface area (Å²) in [6.07, 6.45) is 3.69. The molecule has 4 nitrogen and oxygen atoms in total. The second-order valence-corrected chi connectivity index (χ2v) is 5.07. The molecule has 5 heteroatoms. The van der Waals surface area contributed by atoms with Crippen LogP contribution in [0.2, 0.25) is 5.02 Å². The average molecular weight is 285 g/mol. The lowest BCUT2D eigenvalue weighted by molar-refractivity contribution is -0.0452. The Morgan fingerprint density at radius 3 is 3.11 bits per heavy atom. The SMILES string of the molecule is CCNc1ccc(Cl)c(COCC2CCCCO2)n1. The molecular formula is C14H21ClN2O2. The molecule has 1 aromatic heterocycles. The molecule has 2 heterocycles. The van der Waals surface area contributed by atoms with Gasteiger partial charge in [-0.15, -0.1) is 0 Å². The molecular weight excluding hydrogens is 264 g/mol. The summed E-state index contributed by atoms with van der Waals surface area (Å²) in [4.78, 5) is 4.44. The van der Waals surface area contributed by atoms with Crippen LogP contribution < -0.4 is 5.32 Å². The van der Waals surface area contributed by atoms with Crippen LogP contribution in [0.15, 0.2) is 12.1 Å². The van der Waals surface area contributed by atoms with E-state index in [-0.39, 0.29) is 6.10 Å². The number of anilines is 1. The summed E-state index contributed by atoms with van der Waals surface area (Å²) in [5.74, 6) is 0.833. The summed E-state index contributed by atoms with van der Waals surface area (Å²) in [6, 6.07) is 3.72. The third-order valence-corrected chi connectivity index (χ3v) is 3.44. The number of hydrogen-bond donors (Lipinski definition) is 1. The molecule has 1 saturated heterocycles.